The third-order valence-corrected chi connectivity index (χ3v) is 1.24. The van der Waals surface area contributed by atoms with E-state index in [1.54, 1.807) is 4.72 Å². The number of rotatable bonds is 2. The van der Waals surface area contributed by atoms with Gasteiger partial charge in [0.05, 0.1) is 6.26 Å². The van der Waals surface area contributed by atoms with Gasteiger partial charge in [-0.3, -0.25) is 9.52 Å². The zero-order chi connectivity index (χ0) is 8.36. The Labute approximate surface area is 59.1 Å². The molecule has 0 aliphatic heterocycles. The van der Waals surface area contributed by atoms with Gasteiger partial charge < -0.3 is 5.11 Å². The van der Waals surface area contributed by atoms with Crippen molar-refractivity contribution in [2.45, 2.75) is 13.0 Å². The van der Waals surface area contributed by atoms with Crippen LogP contribution in [0, 0.1) is 0 Å². The number of hydrogen-bond donors (Lipinski definition) is 2. The molecule has 0 saturated heterocycles. The van der Waals surface area contributed by atoms with Crippen LogP contribution >= 0.6 is 0 Å². The molecule has 0 fully saturated rings. The van der Waals surface area contributed by atoms with Crippen LogP contribution in [-0.2, 0) is 14.8 Å². The van der Waals surface area contributed by atoms with Crippen LogP contribution in [0.25, 0.3) is 0 Å². The highest BCUT2D eigenvalue weighted by molar-refractivity contribution is 7.89. The lowest BCUT2D eigenvalue weighted by molar-refractivity contribution is -0.126. The molecule has 0 spiro atoms. The second kappa shape index (κ2) is 2.98. The van der Waals surface area contributed by atoms with E-state index in [0.29, 0.717) is 0 Å². The topological polar surface area (TPSA) is 83.5 Å². The summed E-state index contributed by atoms with van der Waals surface area (Å²) in [4.78, 5) is 10.4. The number of carbonyl (C=O) groups is 1. The van der Waals surface area contributed by atoms with Gasteiger partial charge in [-0.2, -0.15) is 0 Å². The largest absolute Gasteiger partial charge is 0.384 e. The third-order valence-electron chi connectivity index (χ3n) is 0.665. The number of aliphatic hydroxyl groups is 1. The van der Waals surface area contributed by atoms with Crippen molar-refractivity contribution in [3.63, 3.8) is 0 Å². The Balaban J connectivity index is 4.07. The number of sulfonamides is 1. The van der Waals surface area contributed by atoms with Gasteiger partial charge in [-0.05, 0) is 6.92 Å². The molecule has 0 aromatic rings. The van der Waals surface area contributed by atoms with Crippen LogP contribution in [0.3, 0.4) is 0 Å². The second-order valence-electron chi connectivity index (χ2n) is 1.91. The molecule has 2 N–H and O–H groups in total. The van der Waals surface area contributed by atoms with Crippen molar-refractivity contribution in [1.82, 2.24) is 4.72 Å². The van der Waals surface area contributed by atoms with Gasteiger partial charge in [-0.1, -0.05) is 0 Å². The van der Waals surface area contributed by atoms with Gasteiger partial charge >= 0.3 is 0 Å². The van der Waals surface area contributed by atoms with E-state index in [1.807, 2.05) is 0 Å². The number of hydrogen-bond acceptors (Lipinski definition) is 4. The number of carbonyl (C=O) groups excluding carboxylic acids is 1. The van der Waals surface area contributed by atoms with Crippen LogP contribution in [0.1, 0.15) is 6.92 Å². The fraction of sp³-hybridized carbons (Fsp3) is 0.750. The van der Waals surface area contributed by atoms with E-state index in [4.69, 9.17) is 5.11 Å². The van der Waals surface area contributed by atoms with E-state index in [2.05, 4.69) is 0 Å². The Morgan fingerprint density at radius 1 is 1.60 bits per heavy atom. The molecule has 0 heterocycles. The van der Waals surface area contributed by atoms with Crippen molar-refractivity contribution in [3.8, 4) is 0 Å². The molecule has 60 valence electrons. The Morgan fingerprint density at radius 2 is 2.00 bits per heavy atom. The van der Waals surface area contributed by atoms with Gasteiger partial charge in [0.15, 0.2) is 0 Å². The van der Waals surface area contributed by atoms with Crippen LogP contribution in [0.2, 0.25) is 0 Å². The lowest BCUT2D eigenvalue weighted by atomic mass is 10.4. The first-order chi connectivity index (χ1) is 4.33. The second-order valence-corrected chi connectivity index (χ2v) is 3.66. The molecule has 0 aromatic heterocycles. The standard InChI is InChI=1S/C4H9NO4S/c1-3(6)4(7)5-10(2,8)9/h3,6H,1-2H3,(H,5,7)/t3-/m0/s1. The maximum absolute atomic E-state index is 10.4. The molecule has 0 unspecified atom stereocenters. The first-order valence-electron chi connectivity index (χ1n) is 2.52. The minimum Gasteiger partial charge on any atom is -0.384 e. The number of aliphatic hydroxyl groups excluding tert-OH is 1. The van der Waals surface area contributed by atoms with Gasteiger partial charge in [0.1, 0.15) is 6.10 Å². The van der Waals surface area contributed by atoms with Crippen LogP contribution in [0.4, 0.5) is 0 Å². The summed E-state index contributed by atoms with van der Waals surface area (Å²) >= 11 is 0. The van der Waals surface area contributed by atoms with Crippen molar-refractivity contribution >= 4 is 15.9 Å². The molecule has 0 aliphatic carbocycles. The maximum Gasteiger partial charge on any atom is 0.261 e. The highest BCUT2D eigenvalue weighted by Gasteiger charge is 2.12. The van der Waals surface area contributed by atoms with Crippen molar-refractivity contribution in [1.29, 1.82) is 0 Å². The van der Waals surface area contributed by atoms with Crippen molar-refractivity contribution < 1.29 is 18.3 Å². The quantitative estimate of drug-likeness (QED) is 0.521. The smallest absolute Gasteiger partial charge is 0.261 e. The van der Waals surface area contributed by atoms with E-state index in [-0.39, 0.29) is 0 Å². The Hall–Kier alpha value is -0.620. The Kier molecular flexibility index (Phi) is 2.79. The zero-order valence-electron chi connectivity index (χ0n) is 5.66. The SMILES string of the molecule is C[C@H](O)C(=O)NS(C)(=O)=O. The number of amides is 1. The Bertz CT molecular complexity index is 217. The molecule has 0 saturated carbocycles. The van der Waals surface area contributed by atoms with E-state index >= 15 is 0 Å². The number of nitrogens with one attached hydrogen (secondary N) is 1. The van der Waals surface area contributed by atoms with E-state index in [1.165, 1.54) is 6.92 Å². The molecule has 5 nitrogen and oxygen atoms in total. The zero-order valence-corrected chi connectivity index (χ0v) is 6.47. The first-order valence-corrected chi connectivity index (χ1v) is 4.42. The molecule has 1 atom stereocenters. The third kappa shape index (κ3) is 4.28. The molecule has 1 amide bonds. The van der Waals surface area contributed by atoms with Gasteiger partial charge in [0, 0.05) is 0 Å². The van der Waals surface area contributed by atoms with Crippen molar-refractivity contribution in [2.75, 3.05) is 6.26 Å². The van der Waals surface area contributed by atoms with E-state index in [9.17, 15) is 13.2 Å². The van der Waals surface area contributed by atoms with E-state index in [0.717, 1.165) is 6.26 Å². The van der Waals surface area contributed by atoms with Gasteiger partial charge in [0.25, 0.3) is 5.91 Å². The average Bonchev–Trinajstić information content (AvgIpc) is 1.60. The summed E-state index contributed by atoms with van der Waals surface area (Å²) in [5, 5.41) is 8.51. The molecular weight excluding hydrogens is 158 g/mol. The summed E-state index contributed by atoms with van der Waals surface area (Å²) < 4.78 is 22.2. The fourth-order valence-electron chi connectivity index (χ4n) is 0.268. The predicted molar refractivity (Wildman–Crippen MR) is 34.7 cm³/mol. The highest BCUT2D eigenvalue weighted by Crippen LogP contribution is 1.81. The minimum absolute atomic E-state index is 0.841. The monoisotopic (exact) mass is 167 g/mol. The molecule has 0 radical (unpaired) electrons. The van der Waals surface area contributed by atoms with Crippen LogP contribution < -0.4 is 4.72 Å². The first kappa shape index (κ1) is 9.38. The van der Waals surface area contributed by atoms with Crippen molar-refractivity contribution in [2.24, 2.45) is 0 Å². The minimum atomic E-state index is -3.53. The van der Waals surface area contributed by atoms with Gasteiger partial charge in [-0.15, -0.1) is 0 Å². The molecule has 10 heavy (non-hydrogen) atoms. The fourth-order valence-corrected chi connectivity index (χ4v) is 0.804. The van der Waals surface area contributed by atoms with E-state index < -0.39 is 22.0 Å². The average molecular weight is 167 g/mol. The molecular formula is C4H9NO4S. The summed E-state index contributed by atoms with van der Waals surface area (Å²) in [7, 11) is -3.53. The molecule has 0 bridgehead atoms. The summed E-state index contributed by atoms with van der Waals surface area (Å²) in [6, 6.07) is 0. The van der Waals surface area contributed by atoms with Gasteiger partial charge in [0.2, 0.25) is 10.0 Å². The predicted octanol–water partition coefficient (Wildman–Crippen LogP) is -1.56. The molecule has 0 rings (SSSR count). The maximum atomic E-state index is 10.4. The van der Waals surface area contributed by atoms with Crippen molar-refractivity contribution in [3.05, 3.63) is 0 Å². The Morgan fingerprint density at radius 3 is 2.10 bits per heavy atom. The summed E-state index contributed by atoms with van der Waals surface area (Å²) in [5.41, 5.74) is 0. The summed E-state index contributed by atoms with van der Waals surface area (Å²) in [6.45, 7) is 1.18. The van der Waals surface area contributed by atoms with Crippen LogP contribution in [0.15, 0.2) is 0 Å². The molecule has 0 aliphatic rings. The van der Waals surface area contributed by atoms with Gasteiger partial charge in [-0.25, -0.2) is 8.42 Å². The lowest BCUT2D eigenvalue weighted by Gasteiger charge is -2.02. The van der Waals surface area contributed by atoms with Crippen LogP contribution in [0.5, 0.6) is 0 Å². The molecule has 6 heteroatoms. The highest BCUT2D eigenvalue weighted by atomic mass is 32.2. The normalized spacial score (nSPS) is 14.3. The summed E-state index contributed by atoms with van der Waals surface area (Å²) in [5.74, 6) is -0.914. The van der Waals surface area contributed by atoms with Crippen LogP contribution in [-0.4, -0.2) is 31.8 Å². The lowest BCUT2D eigenvalue weighted by Crippen LogP contribution is -2.36. The summed E-state index contributed by atoms with van der Waals surface area (Å²) in [6.07, 6.45) is -0.456. The molecule has 0 aromatic carbocycles.